The molecule has 5 rings (SSSR count). The number of anilines is 1. The maximum atomic E-state index is 12.4. The molecule has 162 valence electrons. The second kappa shape index (κ2) is 9.21. The van der Waals surface area contributed by atoms with Crippen LogP contribution in [0.3, 0.4) is 0 Å². The van der Waals surface area contributed by atoms with E-state index < -0.39 is 0 Å². The molecule has 0 fully saturated rings. The summed E-state index contributed by atoms with van der Waals surface area (Å²) in [5.41, 5.74) is 3.77. The molecule has 0 atom stereocenters. The zero-order valence-electron chi connectivity index (χ0n) is 17.1. The lowest BCUT2D eigenvalue weighted by atomic mass is 10.2. The highest BCUT2D eigenvalue weighted by molar-refractivity contribution is 9.10. The van der Waals surface area contributed by atoms with E-state index in [1.165, 1.54) is 6.08 Å². The number of amides is 1. The monoisotopic (exact) mass is 562 g/mol. The molecule has 0 unspecified atom stereocenters. The maximum absolute atomic E-state index is 12.4. The number of rotatable bonds is 5. The van der Waals surface area contributed by atoms with Crippen LogP contribution in [-0.2, 0) is 4.79 Å². The van der Waals surface area contributed by atoms with E-state index in [0.29, 0.717) is 28.4 Å². The molecule has 0 spiro atoms. The molecule has 33 heavy (non-hydrogen) atoms. The Hall–Kier alpha value is -3.42. The molecule has 2 heterocycles. The van der Waals surface area contributed by atoms with E-state index in [1.54, 1.807) is 24.3 Å². The molecule has 7 heteroatoms. The molecule has 0 saturated heterocycles. The number of aromatic nitrogens is 1. The molecular formula is C26H16Br2N2O3. The fourth-order valence-electron chi connectivity index (χ4n) is 3.30. The molecule has 1 amide bonds. The first-order valence-corrected chi connectivity index (χ1v) is 11.6. The first-order chi connectivity index (χ1) is 16.0. The highest BCUT2D eigenvalue weighted by Crippen LogP contribution is 2.28. The van der Waals surface area contributed by atoms with Crippen LogP contribution in [0.5, 0.6) is 0 Å². The van der Waals surface area contributed by atoms with Gasteiger partial charge in [-0.3, -0.25) is 4.79 Å². The highest BCUT2D eigenvalue weighted by Gasteiger charge is 2.10. The van der Waals surface area contributed by atoms with Crippen molar-refractivity contribution in [3.05, 3.63) is 99.6 Å². The van der Waals surface area contributed by atoms with Crippen molar-refractivity contribution in [2.75, 3.05) is 5.32 Å². The maximum Gasteiger partial charge on any atom is 0.248 e. The number of hydrogen-bond acceptors (Lipinski definition) is 4. The van der Waals surface area contributed by atoms with Gasteiger partial charge in [0.25, 0.3) is 0 Å². The number of oxazole rings is 1. The molecule has 2 aromatic heterocycles. The van der Waals surface area contributed by atoms with E-state index in [2.05, 4.69) is 42.2 Å². The van der Waals surface area contributed by atoms with Gasteiger partial charge in [0.15, 0.2) is 5.58 Å². The van der Waals surface area contributed by atoms with Crippen molar-refractivity contribution in [1.29, 1.82) is 0 Å². The van der Waals surface area contributed by atoms with Crippen molar-refractivity contribution in [3.63, 3.8) is 0 Å². The van der Waals surface area contributed by atoms with Gasteiger partial charge in [-0.25, -0.2) is 4.98 Å². The first kappa shape index (κ1) is 21.4. The second-order valence-electron chi connectivity index (χ2n) is 7.24. The fraction of sp³-hybridized carbons (Fsp3) is 0. The Kier molecular flexibility index (Phi) is 5.98. The molecule has 0 aliphatic carbocycles. The van der Waals surface area contributed by atoms with Gasteiger partial charge in [-0.15, -0.1) is 0 Å². The summed E-state index contributed by atoms with van der Waals surface area (Å²) in [5.74, 6) is 1.58. The minimum absolute atomic E-state index is 0.272. The van der Waals surface area contributed by atoms with Crippen molar-refractivity contribution >= 4 is 60.6 Å². The Morgan fingerprint density at radius 3 is 2.52 bits per heavy atom. The SMILES string of the molecule is O=C(C=Cc1ccc(-c2ccc(Br)cc2)o1)Nc1ccc2oc(-c3cccc(Br)c3)nc2c1. The third-order valence-corrected chi connectivity index (χ3v) is 5.90. The number of nitrogens with zero attached hydrogens (tertiary/aromatic N) is 1. The number of hydrogen-bond donors (Lipinski definition) is 1. The lowest BCUT2D eigenvalue weighted by Gasteiger charge is -2.00. The lowest BCUT2D eigenvalue weighted by Crippen LogP contribution is -2.07. The average molecular weight is 564 g/mol. The minimum Gasteiger partial charge on any atom is -0.457 e. The molecule has 3 aromatic carbocycles. The van der Waals surface area contributed by atoms with Crippen LogP contribution in [-0.4, -0.2) is 10.9 Å². The highest BCUT2D eigenvalue weighted by atomic mass is 79.9. The van der Waals surface area contributed by atoms with E-state index in [0.717, 1.165) is 25.8 Å². The summed E-state index contributed by atoms with van der Waals surface area (Å²) < 4.78 is 13.6. The molecule has 5 nitrogen and oxygen atoms in total. The predicted molar refractivity (Wildman–Crippen MR) is 137 cm³/mol. The van der Waals surface area contributed by atoms with Crippen molar-refractivity contribution in [1.82, 2.24) is 4.98 Å². The van der Waals surface area contributed by atoms with E-state index in [1.807, 2.05) is 60.7 Å². The molecule has 0 radical (unpaired) electrons. The zero-order valence-corrected chi connectivity index (χ0v) is 20.3. The summed E-state index contributed by atoms with van der Waals surface area (Å²) in [6.45, 7) is 0. The van der Waals surface area contributed by atoms with Crippen molar-refractivity contribution in [2.24, 2.45) is 0 Å². The number of halogens is 2. The summed E-state index contributed by atoms with van der Waals surface area (Å²) in [5, 5.41) is 2.85. The van der Waals surface area contributed by atoms with Gasteiger partial charge >= 0.3 is 0 Å². The Balaban J connectivity index is 1.28. The fourth-order valence-corrected chi connectivity index (χ4v) is 3.97. The van der Waals surface area contributed by atoms with Gasteiger partial charge in [0, 0.05) is 31.8 Å². The smallest absolute Gasteiger partial charge is 0.248 e. The summed E-state index contributed by atoms with van der Waals surface area (Å²) in [7, 11) is 0. The van der Waals surface area contributed by atoms with Crippen LogP contribution in [0.2, 0.25) is 0 Å². The van der Waals surface area contributed by atoms with Crippen molar-refractivity contribution < 1.29 is 13.6 Å². The number of fused-ring (bicyclic) bond motifs is 1. The molecular weight excluding hydrogens is 548 g/mol. The molecule has 0 aliphatic heterocycles. The number of carbonyl (C=O) groups excluding carboxylic acids is 1. The molecule has 1 N–H and O–H groups in total. The van der Waals surface area contributed by atoms with E-state index in [9.17, 15) is 4.79 Å². The standard InChI is InChI=1S/C26H16Br2N2O3/c27-18-6-4-16(5-7-18)23-12-9-21(32-23)10-13-25(31)29-20-8-11-24-22(15-20)30-26(33-24)17-2-1-3-19(28)14-17/h1-15H,(H,29,31). The quantitative estimate of drug-likeness (QED) is 0.220. The van der Waals surface area contributed by atoms with Crippen LogP contribution in [0.1, 0.15) is 5.76 Å². The Labute approximate surface area is 206 Å². The molecule has 0 aliphatic rings. The first-order valence-electron chi connectivity index (χ1n) is 10.0. The molecule has 0 saturated carbocycles. The summed E-state index contributed by atoms with van der Waals surface area (Å²) in [6.07, 6.45) is 3.07. The number of furan rings is 1. The average Bonchev–Trinajstić information content (AvgIpc) is 3.45. The zero-order chi connectivity index (χ0) is 22.8. The predicted octanol–water partition coefficient (Wildman–Crippen LogP) is 7.93. The summed E-state index contributed by atoms with van der Waals surface area (Å²) in [4.78, 5) is 17.0. The summed E-state index contributed by atoms with van der Waals surface area (Å²) >= 11 is 6.88. The summed E-state index contributed by atoms with van der Waals surface area (Å²) in [6, 6.07) is 24.6. The van der Waals surface area contributed by atoms with Crippen LogP contribution >= 0.6 is 31.9 Å². The molecule has 0 bridgehead atoms. The van der Waals surface area contributed by atoms with Crippen molar-refractivity contribution in [2.45, 2.75) is 0 Å². The van der Waals surface area contributed by atoms with Gasteiger partial charge in [0.1, 0.15) is 17.0 Å². The van der Waals surface area contributed by atoms with E-state index in [4.69, 9.17) is 8.83 Å². The van der Waals surface area contributed by atoms with Gasteiger partial charge in [0.05, 0.1) is 0 Å². The minimum atomic E-state index is -0.272. The largest absolute Gasteiger partial charge is 0.457 e. The number of benzene rings is 3. The van der Waals surface area contributed by atoms with E-state index >= 15 is 0 Å². The van der Waals surface area contributed by atoms with Gasteiger partial charge in [-0.1, -0.05) is 50.1 Å². The Morgan fingerprint density at radius 1 is 0.848 bits per heavy atom. The van der Waals surface area contributed by atoms with Gasteiger partial charge in [0.2, 0.25) is 11.8 Å². The van der Waals surface area contributed by atoms with E-state index in [-0.39, 0.29) is 5.91 Å². The second-order valence-corrected chi connectivity index (χ2v) is 9.07. The third-order valence-electron chi connectivity index (χ3n) is 4.88. The third kappa shape index (κ3) is 4.99. The van der Waals surface area contributed by atoms with Crippen molar-refractivity contribution in [3.8, 4) is 22.8 Å². The number of carbonyl (C=O) groups is 1. The van der Waals surface area contributed by atoms with Crippen LogP contribution < -0.4 is 5.32 Å². The Morgan fingerprint density at radius 2 is 1.70 bits per heavy atom. The van der Waals surface area contributed by atoms with Crippen LogP contribution in [0, 0.1) is 0 Å². The van der Waals surface area contributed by atoms with Gasteiger partial charge in [-0.05, 0) is 66.7 Å². The van der Waals surface area contributed by atoms with Crippen LogP contribution in [0.25, 0.3) is 40.0 Å². The topological polar surface area (TPSA) is 68.3 Å². The lowest BCUT2D eigenvalue weighted by molar-refractivity contribution is -0.111. The van der Waals surface area contributed by atoms with Crippen LogP contribution in [0.4, 0.5) is 5.69 Å². The molecule has 5 aromatic rings. The van der Waals surface area contributed by atoms with Crippen LogP contribution in [0.15, 0.2) is 103 Å². The van der Waals surface area contributed by atoms with Gasteiger partial charge < -0.3 is 14.2 Å². The number of nitrogens with one attached hydrogen (secondary N) is 1. The normalized spacial score (nSPS) is 11.3. The van der Waals surface area contributed by atoms with Gasteiger partial charge in [-0.2, -0.15) is 0 Å². The Bertz CT molecular complexity index is 1480.